The smallest absolute Gasteiger partial charge is 0.338 e. The van der Waals surface area contributed by atoms with Crippen molar-refractivity contribution in [3.8, 4) is 0 Å². The van der Waals surface area contributed by atoms with E-state index in [0.717, 1.165) is 5.57 Å². The number of methoxy groups -OCH3 is 1. The third-order valence-corrected chi connectivity index (χ3v) is 4.48. The molecule has 0 saturated carbocycles. The summed E-state index contributed by atoms with van der Waals surface area (Å²) in [7, 11) is 1.44. The highest BCUT2D eigenvalue weighted by atomic mass is 16.7. The van der Waals surface area contributed by atoms with E-state index in [1.807, 2.05) is 13.8 Å². The zero-order valence-corrected chi connectivity index (χ0v) is 17.1. The molecule has 0 radical (unpaired) electrons. The van der Waals surface area contributed by atoms with Crippen LogP contribution in [0.2, 0.25) is 0 Å². The van der Waals surface area contributed by atoms with Crippen LogP contribution in [0.4, 0.5) is 0 Å². The summed E-state index contributed by atoms with van der Waals surface area (Å²) in [5.74, 6) is -1.10. The highest BCUT2D eigenvalue weighted by Crippen LogP contribution is 2.29. The molecule has 0 aromatic heterocycles. The van der Waals surface area contributed by atoms with Gasteiger partial charge in [-0.2, -0.15) is 0 Å². The van der Waals surface area contributed by atoms with Crippen LogP contribution in [0.1, 0.15) is 34.6 Å². The van der Waals surface area contributed by atoms with E-state index in [0.29, 0.717) is 11.1 Å². The van der Waals surface area contributed by atoms with E-state index in [9.17, 15) is 9.59 Å². The van der Waals surface area contributed by atoms with Crippen molar-refractivity contribution in [1.29, 1.82) is 0 Å². The standard InChI is InChI=1S/C24H24O6/c1-16(2)14-15-19-20(29-22(25)17-10-6-4-7-11-17)21(24(27-3)28-19)30-23(26)18-12-8-5-9-13-18/h4-13,15,19-21,24H,1-3H3/t19-,20-,21-,24?/m1/s1. The molecule has 3 rings (SSSR count). The Morgan fingerprint density at radius 2 is 1.37 bits per heavy atom. The number of carbonyl (C=O) groups is 2. The summed E-state index contributed by atoms with van der Waals surface area (Å²) in [6.45, 7) is 3.77. The van der Waals surface area contributed by atoms with Crippen molar-refractivity contribution < 1.29 is 28.5 Å². The van der Waals surface area contributed by atoms with Crippen molar-refractivity contribution in [2.24, 2.45) is 0 Å². The molecular weight excluding hydrogens is 384 g/mol. The fraction of sp³-hybridized carbons (Fsp3) is 0.292. The van der Waals surface area contributed by atoms with Gasteiger partial charge in [0, 0.05) is 7.11 Å². The number of benzene rings is 2. The minimum Gasteiger partial charge on any atom is -0.451 e. The van der Waals surface area contributed by atoms with Gasteiger partial charge in [0.15, 0.2) is 18.5 Å². The van der Waals surface area contributed by atoms with Crippen LogP contribution < -0.4 is 0 Å². The molecule has 1 unspecified atom stereocenters. The van der Waals surface area contributed by atoms with Crippen LogP contribution in [0.3, 0.4) is 0 Å². The Hall–Kier alpha value is -3.18. The highest BCUT2D eigenvalue weighted by Gasteiger charge is 2.49. The van der Waals surface area contributed by atoms with Crippen molar-refractivity contribution in [2.75, 3.05) is 7.11 Å². The van der Waals surface area contributed by atoms with Crippen LogP contribution in [0.25, 0.3) is 0 Å². The summed E-state index contributed by atoms with van der Waals surface area (Å²) in [6.07, 6.45) is -1.78. The van der Waals surface area contributed by atoms with Gasteiger partial charge in [0.05, 0.1) is 11.1 Å². The van der Waals surface area contributed by atoms with Gasteiger partial charge in [-0.05, 0) is 49.8 Å². The number of rotatable bonds is 6. The molecule has 30 heavy (non-hydrogen) atoms. The molecule has 6 nitrogen and oxygen atoms in total. The zero-order valence-electron chi connectivity index (χ0n) is 17.1. The van der Waals surface area contributed by atoms with E-state index in [1.165, 1.54) is 7.11 Å². The van der Waals surface area contributed by atoms with Gasteiger partial charge >= 0.3 is 11.9 Å². The molecule has 0 amide bonds. The molecule has 0 spiro atoms. The molecular formula is C24H24O6. The van der Waals surface area contributed by atoms with Crippen LogP contribution in [0.5, 0.6) is 0 Å². The third-order valence-electron chi connectivity index (χ3n) is 4.48. The van der Waals surface area contributed by atoms with E-state index in [1.54, 1.807) is 66.7 Å². The number of esters is 2. The number of hydrogen-bond donors (Lipinski definition) is 0. The number of carbonyl (C=O) groups excluding carboxylic acids is 2. The summed E-state index contributed by atoms with van der Waals surface area (Å²) in [5.41, 5.74) is 4.75. The lowest BCUT2D eigenvalue weighted by Crippen LogP contribution is -2.40. The Labute approximate surface area is 175 Å². The average molecular weight is 408 g/mol. The molecule has 2 aromatic rings. The first-order valence-electron chi connectivity index (χ1n) is 9.60. The average Bonchev–Trinajstić information content (AvgIpc) is 3.09. The Kier molecular flexibility index (Phi) is 7.20. The van der Waals surface area contributed by atoms with Gasteiger partial charge in [0.2, 0.25) is 0 Å². The molecule has 0 bridgehead atoms. The predicted octanol–water partition coefficient (Wildman–Crippen LogP) is 3.93. The lowest BCUT2D eigenvalue weighted by molar-refractivity contribution is -0.145. The summed E-state index contributed by atoms with van der Waals surface area (Å²) >= 11 is 0. The molecule has 156 valence electrons. The summed E-state index contributed by atoms with van der Waals surface area (Å²) in [6, 6.07) is 17.2. The Balaban J connectivity index is 1.88. The molecule has 2 aromatic carbocycles. The van der Waals surface area contributed by atoms with Crippen LogP contribution in [-0.2, 0) is 18.9 Å². The molecule has 0 aliphatic carbocycles. The fourth-order valence-electron chi connectivity index (χ4n) is 3.01. The van der Waals surface area contributed by atoms with Crippen LogP contribution in [-0.4, -0.2) is 43.7 Å². The van der Waals surface area contributed by atoms with E-state index < -0.39 is 36.5 Å². The van der Waals surface area contributed by atoms with E-state index >= 15 is 0 Å². The number of hydrogen-bond acceptors (Lipinski definition) is 6. The SMILES string of the molecule is COC1O[C@H](C=C=C(C)C)[C@@H](OC(=O)c2ccccc2)[C@H]1OC(=O)c1ccccc1. The molecule has 1 aliphatic heterocycles. The van der Waals surface area contributed by atoms with Crippen LogP contribution in [0, 0.1) is 0 Å². The Bertz CT molecular complexity index is 927. The number of ether oxygens (including phenoxy) is 4. The van der Waals surface area contributed by atoms with Crippen molar-refractivity contribution in [2.45, 2.75) is 38.4 Å². The first-order valence-corrected chi connectivity index (χ1v) is 9.60. The van der Waals surface area contributed by atoms with Gasteiger partial charge in [-0.15, -0.1) is 5.73 Å². The van der Waals surface area contributed by atoms with Gasteiger partial charge in [-0.3, -0.25) is 0 Å². The van der Waals surface area contributed by atoms with Crippen molar-refractivity contribution in [1.82, 2.24) is 0 Å². The maximum absolute atomic E-state index is 12.7. The van der Waals surface area contributed by atoms with Crippen molar-refractivity contribution in [3.05, 3.63) is 89.2 Å². The van der Waals surface area contributed by atoms with E-state index in [-0.39, 0.29) is 0 Å². The van der Waals surface area contributed by atoms with Gasteiger partial charge in [0.25, 0.3) is 0 Å². The molecule has 1 heterocycles. The normalized spacial score (nSPS) is 22.6. The maximum atomic E-state index is 12.7. The second-order valence-electron chi connectivity index (χ2n) is 6.99. The molecule has 1 aliphatic rings. The summed E-state index contributed by atoms with van der Waals surface area (Å²) < 4.78 is 22.6. The minimum absolute atomic E-state index is 0.378. The van der Waals surface area contributed by atoms with Crippen molar-refractivity contribution in [3.63, 3.8) is 0 Å². The second-order valence-corrected chi connectivity index (χ2v) is 6.99. The van der Waals surface area contributed by atoms with E-state index in [2.05, 4.69) is 5.73 Å². The molecule has 6 heteroatoms. The Morgan fingerprint density at radius 1 is 0.867 bits per heavy atom. The maximum Gasteiger partial charge on any atom is 0.338 e. The zero-order chi connectivity index (χ0) is 21.5. The van der Waals surface area contributed by atoms with Gasteiger partial charge in [0.1, 0.15) is 6.10 Å². The first kappa shape index (κ1) is 21.5. The minimum atomic E-state index is -0.949. The fourth-order valence-corrected chi connectivity index (χ4v) is 3.01. The Morgan fingerprint density at radius 3 is 1.83 bits per heavy atom. The quantitative estimate of drug-likeness (QED) is 0.533. The molecule has 1 saturated heterocycles. The second kappa shape index (κ2) is 10.0. The van der Waals surface area contributed by atoms with Gasteiger partial charge in [-0.25, -0.2) is 9.59 Å². The molecule has 4 atom stereocenters. The lowest BCUT2D eigenvalue weighted by atomic mass is 10.1. The molecule has 0 N–H and O–H groups in total. The predicted molar refractivity (Wildman–Crippen MR) is 110 cm³/mol. The van der Waals surface area contributed by atoms with Crippen molar-refractivity contribution >= 4 is 11.9 Å². The van der Waals surface area contributed by atoms with E-state index in [4.69, 9.17) is 18.9 Å². The molecule has 1 fully saturated rings. The van der Waals surface area contributed by atoms with Gasteiger partial charge < -0.3 is 18.9 Å². The van der Waals surface area contributed by atoms with Gasteiger partial charge in [-0.1, -0.05) is 36.4 Å². The van der Waals surface area contributed by atoms with Crippen LogP contribution >= 0.6 is 0 Å². The third kappa shape index (κ3) is 5.24. The van der Waals surface area contributed by atoms with Crippen LogP contribution in [0.15, 0.2) is 78.0 Å². The monoisotopic (exact) mass is 408 g/mol. The first-order chi connectivity index (χ1) is 14.5. The highest BCUT2D eigenvalue weighted by molar-refractivity contribution is 5.90. The topological polar surface area (TPSA) is 71.1 Å². The largest absolute Gasteiger partial charge is 0.451 e. The summed E-state index contributed by atoms with van der Waals surface area (Å²) in [5, 5.41) is 0. The summed E-state index contributed by atoms with van der Waals surface area (Å²) in [4.78, 5) is 25.3. The lowest BCUT2D eigenvalue weighted by Gasteiger charge is -2.23.